The largest absolute Gasteiger partial charge is 0.324 e. The van der Waals surface area contributed by atoms with Gasteiger partial charge in [-0.05, 0) is 31.5 Å². The number of amides is 1. The second-order valence-corrected chi connectivity index (χ2v) is 4.03. The van der Waals surface area contributed by atoms with Gasteiger partial charge in [0.05, 0.1) is 5.69 Å². The molecule has 2 rings (SSSR count). The van der Waals surface area contributed by atoms with Gasteiger partial charge < -0.3 is 10.6 Å². The van der Waals surface area contributed by atoms with Crippen molar-refractivity contribution in [2.75, 3.05) is 11.9 Å². The Bertz CT molecular complexity index is 431. The minimum Gasteiger partial charge on any atom is -0.324 e. The van der Waals surface area contributed by atoms with Crippen molar-refractivity contribution >= 4 is 11.6 Å². The summed E-state index contributed by atoms with van der Waals surface area (Å²) in [6.45, 7) is 4.57. The molecule has 4 heteroatoms. The van der Waals surface area contributed by atoms with Crippen molar-refractivity contribution in [3.05, 3.63) is 29.1 Å². The van der Waals surface area contributed by atoms with Crippen LogP contribution in [0.2, 0.25) is 0 Å². The summed E-state index contributed by atoms with van der Waals surface area (Å²) in [5, 5.41) is 5.78. The average Bonchev–Trinajstić information content (AvgIpc) is 2.59. The molecule has 1 aliphatic heterocycles. The fourth-order valence-electron chi connectivity index (χ4n) is 1.96. The number of nitrogens with one attached hydrogen (secondary N) is 2. The van der Waals surface area contributed by atoms with Crippen molar-refractivity contribution in [2.24, 2.45) is 0 Å². The summed E-state index contributed by atoms with van der Waals surface area (Å²) >= 11 is 0. The molecule has 0 aromatic heterocycles. The molecule has 86 valence electrons. The van der Waals surface area contributed by atoms with E-state index in [0.29, 0.717) is 17.8 Å². The molecule has 1 unspecified atom stereocenters. The van der Waals surface area contributed by atoms with E-state index in [-0.39, 0.29) is 11.7 Å². The van der Waals surface area contributed by atoms with Gasteiger partial charge in [-0.2, -0.15) is 0 Å². The SMILES string of the molecule is CCCNC1C(=O)Nc2c(C)ccc(F)c21. The lowest BCUT2D eigenvalue weighted by molar-refractivity contribution is -0.117. The maximum atomic E-state index is 13.7. The summed E-state index contributed by atoms with van der Waals surface area (Å²) in [7, 11) is 0. The lowest BCUT2D eigenvalue weighted by Crippen LogP contribution is -2.28. The third-order valence-corrected chi connectivity index (χ3v) is 2.80. The van der Waals surface area contributed by atoms with E-state index in [1.54, 1.807) is 6.07 Å². The summed E-state index contributed by atoms with van der Waals surface area (Å²) < 4.78 is 13.7. The third kappa shape index (κ3) is 1.69. The zero-order chi connectivity index (χ0) is 11.7. The number of benzene rings is 1. The predicted octanol–water partition coefficient (Wildman–Crippen LogP) is 2.13. The van der Waals surface area contributed by atoms with Crippen molar-refractivity contribution in [1.82, 2.24) is 5.32 Å². The van der Waals surface area contributed by atoms with Crippen LogP contribution in [0.25, 0.3) is 0 Å². The van der Waals surface area contributed by atoms with E-state index in [4.69, 9.17) is 0 Å². The molecule has 0 saturated heterocycles. The predicted molar refractivity (Wildman–Crippen MR) is 60.8 cm³/mol. The zero-order valence-corrected chi connectivity index (χ0v) is 9.43. The van der Waals surface area contributed by atoms with Gasteiger partial charge in [0.1, 0.15) is 11.9 Å². The molecule has 1 aromatic carbocycles. The van der Waals surface area contributed by atoms with Crippen LogP contribution in [0.4, 0.5) is 10.1 Å². The summed E-state index contributed by atoms with van der Waals surface area (Å²) in [6.07, 6.45) is 0.909. The minimum absolute atomic E-state index is 0.170. The van der Waals surface area contributed by atoms with E-state index in [9.17, 15) is 9.18 Å². The Hall–Kier alpha value is -1.42. The molecule has 0 spiro atoms. The summed E-state index contributed by atoms with van der Waals surface area (Å²) in [5.74, 6) is -0.496. The molecule has 2 N–H and O–H groups in total. The number of carbonyl (C=O) groups is 1. The van der Waals surface area contributed by atoms with Crippen molar-refractivity contribution in [3.8, 4) is 0 Å². The molecule has 0 saturated carbocycles. The van der Waals surface area contributed by atoms with Gasteiger partial charge in [-0.3, -0.25) is 4.79 Å². The molecule has 0 fully saturated rings. The quantitative estimate of drug-likeness (QED) is 0.822. The fraction of sp³-hybridized carbons (Fsp3) is 0.417. The lowest BCUT2D eigenvalue weighted by atomic mass is 10.0. The third-order valence-electron chi connectivity index (χ3n) is 2.80. The number of hydrogen-bond acceptors (Lipinski definition) is 2. The Morgan fingerprint density at radius 3 is 2.94 bits per heavy atom. The number of carbonyl (C=O) groups excluding carboxylic acids is 1. The average molecular weight is 222 g/mol. The highest BCUT2D eigenvalue weighted by atomic mass is 19.1. The second kappa shape index (κ2) is 4.22. The molecule has 0 radical (unpaired) electrons. The van der Waals surface area contributed by atoms with Crippen LogP contribution in [-0.2, 0) is 4.79 Å². The first-order chi connectivity index (χ1) is 7.65. The van der Waals surface area contributed by atoms with Crippen molar-refractivity contribution in [2.45, 2.75) is 26.3 Å². The first kappa shape index (κ1) is 11.1. The minimum atomic E-state index is -0.546. The van der Waals surface area contributed by atoms with E-state index < -0.39 is 6.04 Å². The van der Waals surface area contributed by atoms with Gasteiger partial charge >= 0.3 is 0 Å². The van der Waals surface area contributed by atoms with Crippen LogP contribution < -0.4 is 10.6 Å². The second-order valence-electron chi connectivity index (χ2n) is 4.03. The molecular weight excluding hydrogens is 207 g/mol. The van der Waals surface area contributed by atoms with Crippen molar-refractivity contribution < 1.29 is 9.18 Å². The maximum Gasteiger partial charge on any atom is 0.246 e. The highest BCUT2D eigenvalue weighted by molar-refractivity contribution is 6.03. The maximum absolute atomic E-state index is 13.7. The molecular formula is C12H15FN2O. The van der Waals surface area contributed by atoms with Crippen LogP contribution in [0.15, 0.2) is 12.1 Å². The molecule has 1 aliphatic rings. The number of aryl methyl sites for hydroxylation is 1. The summed E-state index contributed by atoms with van der Waals surface area (Å²) in [6, 6.07) is 2.54. The van der Waals surface area contributed by atoms with Crippen LogP contribution in [-0.4, -0.2) is 12.5 Å². The number of rotatable bonds is 3. The fourth-order valence-corrected chi connectivity index (χ4v) is 1.96. The molecule has 0 bridgehead atoms. The number of halogens is 1. The van der Waals surface area contributed by atoms with E-state index >= 15 is 0 Å². The molecule has 0 aliphatic carbocycles. The van der Waals surface area contributed by atoms with Gasteiger partial charge in [-0.15, -0.1) is 0 Å². The van der Waals surface area contributed by atoms with E-state index in [2.05, 4.69) is 10.6 Å². The Kier molecular flexibility index (Phi) is 2.92. The lowest BCUT2D eigenvalue weighted by Gasteiger charge is -2.11. The van der Waals surface area contributed by atoms with E-state index in [1.165, 1.54) is 6.07 Å². The molecule has 1 heterocycles. The Labute approximate surface area is 94.0 Å². The van der Waals surface area contributed by atoms with Crippen LogP contribution in [0.3, 0.4) is 0 Å². The zero-order valence-electron chi connectivity index (χ0n) is 9.43. The van der Waals surface area contributed by atoms with Gasteiger partial charge in [-0.25, -0.2) is 4.39 Å². The highest BCUT2D eigenvalue weighted by Gasteiger charge is 2.33. The topological polar surface area (TPSA) is 41.1 Å². The number of fused-ring (bicyclic) bond motifs is 1. The van der Waals surface area contributed by atoms with Gasteiger partial charge in [0.15, 0.2) is 0 Å². The Morgan fingerprint density at radius 1 is 1.50 bits per heavy atom. The Balaban J connectivity index is 2.39. The Morgan fingerprint density at radius 2 is 2.25 bits per heavy atom. The standard InChI is InChI=1S/C12H15FN2O/c1-3-6-14-11-9-8(13)5-4-7(2)10(9)15-12(11)16/h4-5,11,14H,3,6H2,1-2H3,(H,15,16). The molecule has 1 atom stereocenters. The summed E-state index contributed by atoms with van der Waals surface area (Å²) in [5.41, 5.74) is 1.97. The van der Waals surface area contributed by atoms with Crippen molar-refractivity contribution in [1.29, 1.82) is 0 Å². The van der Waals surface area contributed by atoms with Crippen LogP contribution in [0.1, 0.15) is 30.5 Å². The van der Waals surface area contributed by atoms with Gasteiger partial charge in [0, 0.05) is 5.56 Å². The van der Waals surface area contributed by atoms with E-state index in [1.807, 2.05) is 13.8 Å². The van der Waals surface area contributed by atoms with Crippen molar-refractivity contribution in [3.63, 3.8) is 0 Å². The highest BCUT2D eigenvalue weighted by Crippen LogP contribution is 2.35. The van der Waals surface area contributed by atoms with E-state index in [0.717, 1.165) is 12.0 Å². The molecule has 1 aromatic rings. The van der Waals surface area contributed by atoms with Crippen LogP contribution in [0.5, 0.6) is 0 Å². The van der Waals surface area contributed by atoms with Gasteiger partial charge in [-0.1, -0.05) is 13.0 Å². The molecule has 16 heavy (non-hydrogen) atoms. The first-order valence-electron chi connectivity index (χ1n) is 5.48. The monoisotopic (exact) mass is 222 g/mol. The smallest absolute Gasteiger partial charge is 0.246 e. The normalized spacial score (nSPS) is 18.4. The number of anilines is 1. The van der Waals surface area contributed by atoms with Gasteiger partial charge in [0.25, 0.3) is 0 Å². The van der Waals surface area contributed by atoms with Crippen LogP contribution in [0, 0.1) is 12.7 Å². The summed E-state index contributed by atoms with van der Waals surface area (Å²) in [4.78, 5) is 11.7. The molecule has 3 nitrogen and oxygen atoms in total. The van der Waals surface area contributed by atoms with Gasteiger partial charge in [0.2, 0.25) is 5.91 Å². The van der Waals surface area contributed by atoms with Crippen LogP contribution >= 0.6 is 0 Å². The first-order valence-corrected chi connectivity index (χ1v) is 5.48. The molecule has 1 amide bonds. The number of hydrogen-bond donors (Lipinski definition) is 2.